The number of anilines is 1. The third-order valence-corrected chi connectivity index (χ3v) is 6.16. The summed E-state index contributed by atoms with van der Waals surface area (Å²) < 4.78 is 27.1. The molecule has 3 aromatic carbocycles. The maximum absolute atomic E-state index is 13.9. The Morgan fingerprint density at radius 3 is 2.76 bits per heavy atom. The fourth-order valence-corrected chi connectivity index (χ4v) is 4.13. The summed E-state index contributed by atoms with van der Waals surface area (Å²) in [6.45, 7) is 1.66. The Morgan fingerprint density at radius 2 is 2.00 bits per heavy atom. The molecule has 0 atom stereocenters. The third-order valence-electron chi connectivity index (χ3n) is 5.67. The summed E-state index contributed by atoms with van der Waals surface area (Å²) in [7, 11) is 1.47. The number of aryl methyl sites for hydroxylation is 1. The minimum absolute atomic E-state index is 0.0531. The molecule has 0 bridgehead atoms. The van der Waals surface area contributed by atoms with Gasteiger partial charge in [0.15, 0.2) is 18.1 Å². The molecule has 196 valence electrons. The summed E-state index contributed by atoms with van der Waals surface area (Å²) in [4.78, 5) is 30.5. The second-order valence-electron chi connectivity index (χ2n) is 8.35. The Balaban J connectivity index is 1.65. The van der Waals surface area contributed by atoms with Crippen molar-refractivity contribution >= 4 is 44.6 Å². The molecule has 8 nitrogen and oxygen atoms in total. The van der Waals surface area contributed by atoms with E-state index in [4.69, 9.17) is 9.47 Å². The number of benzene rings is 3. The van der Waals surface area contributed by atoms with Gasteiger partial charge in [0.1, 0.15) is 11.6 Å². The lowest BCUT2D eigenvalue weighted by Crippen LogP contribution is -2.23. The number of nitrogens with one attached hydrogen (secondary N) is 1. The van der Waals surface area contributed by atoms with Gasteiger partial charge in [0.2, 0.25) is 0 Å². The van der Waals surface area contributed by atoms with Crippen molar-refractivity contribution in [2.75, 3.05) is 19.0 Å². The maximum Gasteiger partial charge on any atom is 0.282 e. The number of fused-ring (bicyclic) bond motifs is 1. The van der Waals surface area contributed by atoms with Gasteiger partial charge in [-0.05, 0) is 48.9 Å². The van der Waals surface area contributed by atoms with E-state index >= 15 is 0 Å². The molecule has 0 radical (unpaired) electrons. The average molecular weight is 581 g/mol. The van der Waals surface area contributed by atoms with E-state index in [0.717, 1.165) is 17.3 Å². The van der Waals surface area contributed by atoms with Crippen LogP contribution in [0.2, 0.25) is 0 Å². The van der Waals surface area contributed by atoms with Gasteiger partial charge in [0.05, 0.1) is 29.9 Å². The normalized spacial score (nSPS) is 11.2. The highest BCUT2D eigenvalue weighted by atomic mass is 79.9. The molecule has 4 rings (SSSR count). The lowest BCUT2D eigenvalue weighted by Gasteiger charge is -2.14. The molecule has 0 saturated carbocycles. The van der Waals surface area contributed by atoms with Crippen LogP contribution in [-0.2, 0) is 11.2 Å². The van der Waals surface area contributed by atoms with E-state index in [0.29, 0.717) is 34.5 Å². The smallest absolute Gasteiger partial charge is 0.282 e. The van der Waals surface area contributed by atoms with E-state index in [1.54, 1.807) is 36.4 Å². The summed E-state index contributed by atoms with van der Waals surface area (Å²) in [6.07, 6.45) is 3.82. The average Bonchev–Trinajstić information content (AvgIpc) is 2.92. The number of carbonyl (C=O) groups is 1. The molecule has 1 heterocycles. The number of ether oxygens (including phenoxy) is 2. The van der Waals surface area contributed by atoms with Crippen molar-refractivity contribution < 1.29 is 18.7 Å². The van der Waals surface area contributed by atoms with Gasteiger partial charge in [0.25, 0.3) is 11.5 Å². The molecule has 10 heteroatoms. The van der Waals surface area contributed by atoms with Crippen molar-refractivity contribution in [3.63, 3.8) is 0 Å². The first-order valence-corrected chi connectivity index (χ1v) is 12.8. The Hall–Kier alpha value is -4.05. The van der Waals surface area contributed by atoms with Crippen LogP contribution in [0.4, 0.5) is 10.1 Å². The highest BCUT2D eigenvalue weighted by Gasteiger charge is 2.15. The van der Waals surface area contributed by atoms with Gasteiger partial charge >= 0.3 is 0 Å². The molecule has 0 fully saturated rings. The van der Waals surface area contributed by atoms with E-state index in [2.05, 4.69) is 38.3 Å². The van der Waals surface area contributed by atoms with Crippen molar-refractivity contribution in [3.05, 3.63) is 92.7 Å². The number of amides is 1. The monoisotopic (exact) mass is 580 g/mol. The van der Waals surface area contributed by atoms with Crippen LogP contribution in [0.25, 0.3) is 10.9 Å². The zero-order valence-electron chi connectivity index (χ0n) is 20.9. The standard InChI is InChI=1S/C28H26BrFN4O4/c1-3-4-12-25-32-22-14-13-19(29)15-20(22)28(36)34(25)31-16-18-8-7-11-24(37-2)27(18)38-17-26(35)33-23-10-6-5-9-21(23)30/h5-11,13-16H,3-4,12,17H2,1-2H3,(H,33,35). The number of halogens is 2. The van der Waals surface area contributed by atoms with Gasteiger partial charge in [-0.15, -0.1) is 0 Å². The molecular formula is C28H26BrFN4O4. The second kappa shape index (κ2) is 12.5. The SMILES string of the molecule is CCCCc1nc2ccc(Br)cc2c(=O)n1N=Cc1cccc(OC)c1OCC(=O)Nc1ccccc1F. The first-order chi connectivity index (χ1) is 18.4. The first kappa shape index (κ1) is 27.0. The van der Waals surface area contributed by atoms with Gasteiger partial charge in [-0.2, -0.15) is 9.78 Å². The van der Waals surface area contributed by atoms with Crippen LogP contribution < -0.4 is 20.3 Å². The van der Waals surface area contributed by atoms with E-state index in [1.165, 1.54) is 36.2 Å². The Morgan fingerprint density at radius 1 is 1.18 bits per heavy atom. The molecular weight excluding hydrogens is 555 g/mol. The second-order valence-corrected chi connectivity index (χ2v) is 9.27. The number of rotatable bonds is 10. The van der Waals surface area contributed by atoms with Crippen molar-refractivity contribution in [3.8, 4) is 11.5 Å². The van der Waals surface area contributed by atoms with Crippen LogP contribution in [-0.4, -0.2) is 35.5 Å². The summed E-state index contributed by atoms with van der Waals surface area (Å²) in [6, 6.07) is 16.3. The van der Waals surface area contributed by atoms with Gasteiger partial charge < -0.3 is 14.8 Å². The summed E-state index contributed by atoms with van der Waals surface area (Å²) in [5.41, 5.74) is 0.832. The fourth-order valence-electron chi connectivity index (χ4n) is 3.77. The molecule has 0 spiro atoms. The molecule has 0 aliphatic heterocycles. The number of carbonyl (C=O) groups excluding carboxylic acids is 1. The molecule has 0 aliphatic carbocycles. The van der Waals surface area contributed by atoms with E-state index in [9.17, 15) is 14.0 Å². The van der Waals surface area contributed by atoms with Crippen LogP contribution in [0.15, 0.2) is 75.0 Å². The zero-order chi connectivity index (χ0) is 27.1. The summed E-state index contributed by atoms with van der Waals surface area (Å²) in [5.74, 6) is 0.0592. The highest BCUT2D eigenvalue weighted by Crippen LogP contribution is 2.30. The Bertz CT molecular complexity index is 1550. The quantitative estimate of drug-likeness (QED) is 0.248. The number of aromatic nitrogens is 2. The number of hydrogen-bond donors (Lipinski definition) is 1. The largest absolute Gasteiger partial charge is 0.493 e. The zero-order valence-corrected chi connectivity index (χ0v) is 22.5. The van der Waals surface area contributed by atoms with Crippen molar-refractivity contribution in [1.82, 2.24) is 9.66 Å². The Kier molecular flexibility index (Phi) is 8.85. The maximum atomic E-state index is 13.9. The van der Waals surface area contributed by atoms with Crippen molar-refractivity contribution in [2.45, 2.75) is 26.2 Å². The van der Waals surface area contributed by atoms with E-state index in [1.807, 2.05) is 6.07 Å². The molecule has 0 saturated heterocycles. The molecule has 4 aromatic rings. The van der Waals surface area contributed by atoms with Crippen LogP contribution in [0.3, 0.4) is 0 Å². The van der Waals surface area contributed by atoms with Crippen LogP contribution in [0, 0.1) is 5.82 Å². The lowest BCUT2D eigenvalue weighted by atomic mass is 10.2. The third kappa shape index (κ3) is 6.25. The van der Waals surface area contributed by atoms with Crippen LogP contribution in [0.1, 0.15) is 31.2 Å². The number of hydrogen-bond acceptors (Lipinski definition) is 6. The highest BCUT2D eigenvalue weighted by molar-refractivity contribution is 9.10. The topological polar surface area (TPSA) is 94.8 Å². The number of para-hydroxylation sites is 2. The van der Waals surface area contributed by atoms with Crippen molar-refractivity contribution in [2.24, 2.45) is 5.10 Å². The summed E-state index contributed by atoms with van der Waals surface area (Å²) in [5, 5.41) is 7.38. The minimum atomic E-state index is -0.550. The Labute approximate surface area is 227 Å². The molecule has 0 unspecified atom stereocenters. The van der Waals surface area contributed by atoms with Crippen LogP contribution >= 0.6 is 15.9 Å². The van der Waals surface area contributed by atoms with Gasteiger partial charge in [-0.1, -0.05) is 47.5 Å². The first-order valence-electron chi connectivity index (χ1n) is 12.0. The molecule has 1 N–H and O–H groups in total. The number of unbranched alkanes of at least 4 members (excludes halogenated alkanes) is 1. The van der Waals surface area contributed by atoms with E-state index in [-0.39, 0.29) is 17.0 Å². The van der Waals surface area contributed by atoms with Gasteiger partial charge in [-0.3, -0.25) is 9.59 Å². The van der Waals surface area contributed by atoms with Crippen LogP contribution in [0.5, 0.6) is 11.5 Å². The molecule has 1 aromatic heterocycles. The molecule has 0 aliphatic rings. The fraction of sp³-hybridized carbons (Fsp3) is 0.214. The molecule has 38 heavy (non-hydrogen) atoms. The van der Waals surface area contributed by atoms with E-state index < -0.39 is 18.3 Å². The predicted molar refractivity (Wildman–Crippen MR) is 149 cm³/mol. The van der Waals surface area contributed by atoms with Crippen molar-refractivity contribution in [1.29, 1.82) is 0 Å². The minimum Gasteiger partial charge on any atom is -0.493 e. The predicted octanol–water partition coefficient (Wildman–Crippen LogP) is 5.55. The number of nitrogens with zero attached hydrogens (tertiary/aromatic N) is 3. The van der Waals surface area contributed by atoms with Gasteiger partial charge in [-0.25, -0.2) is 9.37 Å². The number of methoxy groups -OCH3 is 1. The van der Waals surface area contributed by atoms with Gasteiger partial charge in [0, 0.05) is 16.5 Å². The lowest BCUT2D eigenvalue weighted by molar-refractivity contribution is -0.118. The summed E-state index contributed by atoms with van der Waals surface area (Å²) >= 11 is 3.41. The molecule has 1 amide bonds.